The smallest absolute Gasteiger partial charge is 0.0618 e. The van der Waals surface area contributed by atoms with Crippen LogP contribution in [0.4, 0.5) is 0 Å². The summed E-state index contributed by atoms with van der Waals surface area (Å²) in [5.41, 5.74) is 3.19. The minimum Gasteiger partial charge on any atom is -0.0618 e. The van der Waals surface area contributed by atoms with Crippen molar-refractivity contribution in [3.63, 3.8) is 0 Å². The van der Waals surface area contributed by atoms with Gasteiger partial charge in [0.1, 0.15) is 0 Å². The Labute approximate surface area is 103 Å². The molecule has 0 aliphatic carbocycles. The molecule has 0 nitrogen and oxygen atoms in total. The van der Waals surface area contributed by atoms with Crippen LogP contribution in [0, 0.1) is 0 Å². The molecule has 0 aromatic heterocycles. The van der Waals surface area contributed by atoms with Crippen molar-refractivity contribution in [1.29, 1.82) is 0 Å². The molecule has 2 heteroatoms. The van der Waals surface area contributed by atoms with Crippen LogP contribution in [0.15, 0.2) is 24.3 Å². The Morgan fingerprint density at radius 1 is 0.688 bits per heavy atom. The van der Waals surface area contributed by atoms with Crippen molar-refractivity contribution >= 4 is 14.5 Å². The van der Waals surface area contributed by atoms with Crippen molar-refractivity contribution in [2.45, 2.75) is 12.3 Å². The van der Waals surface area contributed by atoms with E-state index in [9.17, 15) is 0 Å². The zero-order chi connectivity index (χ0) is 12.4. The van der Waals surface area contributed by atoms with Crippen molar-refractivity contribution in [2.24, 2.45) is 0 Å². The first-order chi connectivity index (χ1) is 7.17. The third-order valence-corrected chi connectivity index (χ3v) is 4.99. The van der Waals surface area contributed by atoms with Gasteiger partial charge >= 0.3 is 0 Å². The Kier molecular flexibility index (Phi) is 4.56. The molecular weight excluding hydrogens is 230 g/mol. The molecule has 1 rings (SSSR count). The van der Waals surface area contributed by atoms with E-state index in [4.69, 9.17) is 0 Å². The van der Waals surface area contributed by atoms with Gasteiger partial charge in [-0.3, -0.25) is 0 Å². The zero-order valence-electron chi connectivity index (χ0n) is 11.6. The van der Waals surface area contributed by atoms with Crippen LogP contribution in [0.5, 0.6) is 0 Å². The normalized spacial score (nSPS) is 12.9. The third kappa shape index (κ3) is 5.42. The Balaban J connectivity index is 2.92. The maximum atomic E-state index is 2.43. The lowest BCUT2D eigenvalue weighted by Crippen LogP contribution is -1.99. The summed E-state index contributed by atoms with van der Waals surface area (Å²) in [6, 6.07) is 9.04. The molecular formula is C14H26P2+2. The first-order valence-electron chi connectivity index (χ1n) is 5.85. The summed E-state index contributed by atoms with van der Waals surface area (Å²) < 4.78 is 0. The van der Waals surface area contributed by atoms with Gasteiger partial charge in [0.2, 0.25) is 0 Å². The fourth-order valence-electron chi connectivity index (χ4n) is 1.89. The Morgan fingerprint density at radius 2 is 1.00 bits per heavy atom. The monoisotopic (exact) mass is 256 g/mol. The van der Waals surface area contributed by atoms with E-state index in [-0.39, 0.29) is 0 Å². The Morgan fingerprint density at radius 3 is 1.25 bits per heavy atom. The first-order valence-corrected chi connectivity index (χ1v) is 12.5. The van der Waals surface area contributed by atoms with Gasteiger partial charge in [-0.2, -0.15) is 0 Å². The van der Waals surface area contributed by atoms with E-state index >= 15 is 0 Å². The molecule has 1 aromatic rings. The molecule has 0 saturated carbocycles. The largest absolute Gasteiger partial charge is 0.0838 e. The Bertz CT molecular complexity index is 307. The number of rotatable bonds is 4. The molecule has 90 valence electrons. The Hall–Kier alpha value is 0.0800. The standard InChI is InChI=1S/C14H26P2/c1-15(2,3)11-13-9-7-8-10-14(13)12-16(4,5)6/h7-10H,11-12H2,1-6H3/q+2. The van der Waals surface area contributed by atoms with Crippen molar-refractivity contribution < 1.29 is 0 Å². The summed E-state index contributed by atoms with van der Waals surface area (Å²) in [4.78, 5) is 0. The van der Waals surface area contributed by atoms with E-state index in [1.165, 1.54) is 12.3 Å². The van der Waals surface area contributed by atoms with Gasteiger partial charge < -0.3 is 0 Å². The molecule has 0 radical (unpaired) electrons. The molecule has 0 aliphatic rings. The number of hydrogen-bond acceptors (Lipinski definition) is 0. The van der Waals surface area contributed by atoms with Gasteiger partial charge in [0.25, 0.3) is 0 Å². The molecule has 0 saturated heterocycles. The van der Waals surface area contributed by atoms with E-state index in [2.05, 4.69) is 64.3 Å². The molecule has 0 unspecified atom stereocenters. The second-order valence-electron chi connectivity index (χ2n) is 6.67. The SMILES string of the molecule is C[P+](C)(C)Cc1ccccc1C[P+](C)(C)C. The van der Waals surface area contributed by atoms with Gasteiger partial charge in [0.15, 0.2) is 0 Å². The van der Waals surface area contributed by atoms with Crippen LogP contribution < -0.4 is 0 Å². The van der Waals surface area contributed by atoms with Gasteiger partial charge in [-0.1, -0.05) is 24.3 Å². The van der Waals surface area contributed by atoms with Gasteiger partial charge in [-0.05, 0) is 11.1 Å². The lowest BCUT2D eigenvalue weighted by Gasteiger charge is -2.17. The summed E-state index contributed by atoms with van der Waals surface area (Å²) in [6.45, 7) is 14.6. The average Bonchev–Trinajstić information content (AvgIpc) is 2.03. The van der Waals surface area contributed by atoms with Gasteiger partial charge in [0.05, 0.1) is 12.3 Å². The van der Waals surface area contributed by atoms with E-state index in [0.29, 0.717) is 0 Å². The predicted molar refractivity (Wildman–Crippen MR) is 83.2 cm³/mol. The predicted octanol–water partition coefficient (Wildman–Crippen LogP) is 4.50. The van der Waals surface area contributed by atoms with E-state index in [1.807, 2.05) is 0 Å². The highest BCUT2D eigenvalue weighted by molar-refractivity contribution is 7.73. The van der Waals surface area contributed by atoms with Crippen LogP contribution >= 0.6 is 14.5 Å². The minimum absolute atomic E-state index is 0.718. The molecule has 0 heterocycles. The molecule has 0 aliphatic heterocycles. The average molecular weight is 256 g/mol. The van der Waals surface area contributed by atoms with Crippen LogP contribution in [0.3, 0.4) is 0 Å². The number of benzene rings is 1. The highest BCUT2D eigenvalue weighted by Crippen LogP contribution is 2.54. The van der Waals surface area contributed by atoms with Crippen LogP contribution in [-0.4, -0.2) is 40.0 Å². The zero-order valence-corrected chi connectivity index (χ0v) is 13.4. The summed E-state index contributed by atoms with van der Waals surface area (Å²) in [7, 11) is -1.44. The third-order valence-electron chi connectivity index (χ3n) is 2.41. The maximum absolute atomic E-state index is 2.43. The molecule has 0 atom stereocenters. The molecule has 0 N–H and O–H groups in total. The lowest BCUT2D eigenvalue weighted by atomic mass is 10.1. The van der Waals surface area contributed by atoms with Gasteiger partial charge in [-0.15, -0.1) is 0 Å². The lowest BCUT2D eigenvalue weighted by molar-refractivity contribution is 1.25. The molecule has 0 fully saturated rings. The number of hydrogen-bond donors (Lipinski definition) is 0. The van der Waals surface area contributed by atoms with Crippen molar-refractivity contribution in [3.8, 4) is 0 Å². The van der Waals surface area contributed by atoms with Gasteiger partial charge in [-0.25, -0.2) is 0 Å². The molecule has 16 heavy (non-hydrogen) atoms. The summed E-state index contributed by atoms with van der Waals surface area (Å²) >= 11 is 0. The second kappa shape index (κ2) is 5.16. The molecule has 0 bridgehead atoms. The van der Waals surface area contributed by atoms with Crippen LogP contribution in [-0.2, 0) is 12.3 Å². The highest BCUT2D eigenvalue weighted by atomic mass is 31.2. The van der Waals surface area contributed by atoms with E-state index < -0.39 is 14.5 Å². The van der Waals surface area contributed by atoms with Gasteiger partial charge in [0, 0.05) is 54.5 Å². The summed E-state index contributed by atoms with van der Waals surface area (Å²) in [5.74, 6) is 0. The highest BCUT2D eigenvalue weighted by Gasteiger charge is 2.24. The van der Waals surface area contributed by atoms with Crippen LogP contribution in [0.2, 0.25) is 0 Å². The molecule has 0 spiro atoms. The summed E-state index contributed by atoms with van der Waals surface area (Å²) in [6.07, 6.45) is 2.59. The minimum atomic E-state index is -0.718. The van der Waals surface area contributed by atoms with Crippen LogP contribution in [0.1, 0.15) is 11.1 Å². The molecule has 1 aromatic carbocycles. The van der Waals surface area contributed by atoms with E-state index in [0.717, 1.165) is 0 Å². The quantitative estimate of drug-likeness (QED) is 0.696. The summed E-state index contributed by atoms with van der Waals surface area (Å²) in [5, 5.41) is 0. The first kappa shape index (κ1) is 14.1. The van der Waals surface area contributed by atoms with Crippen molar-refractivity contribution in [2.75, 3.05) is 40.0 Å². The fraction of sp³-hybridized carbons (Fsp3) is 0.571. The van der Waals surface area contributed by atoms with Crippen molar-refractivity contribution in [3.05, 3.63) is 35.4 Å². The van der Waals surface area contributed by atoms with E-state index in [1.54, 1.807) is 11.1 Å². The second-order valence-corrected chi connectivity index (χ2v) is 16.5. The topological polar surface area (TPSA) is 0 Å². The maximum Gasteiger partial charge on any atom is 0.0838 e. The van der Waals surface area contributed by atoms with Crippen molar-refractivity contribution in [1.82, 2.24) is 0 Å². The molecule has 0 amide bonds. The van der Waals surface area contributed by atoms with Crippen LogP contribution in [0.25, 0.3) is 0 Å². The fourth-order valence-corrected chi connectivity index (χ4v) is 4.55.